The highest BCUT2D eigenvalue weighted by molar-refractivity contribution is 7.90. The lowest BCUT2D eigenvalue weighted by atomic mass is 9.85. The van der Waals surface area contributed by atoms with Gasteiger partial charge in [0.05, 0.1) is 24.6 Å². The van der Waals surface area contributed by atoms with Crippen molar-refractivity contribution in [3.63, 3.8) is 0 Å². The van der Waals surface area contributed by atoms with E-state index in [0.717, 1.165) is 31.3 Å². The average Bonchev–Trinajstić information content (AvgIpc) is 1.61. The van der Waals surface area contributed by atoms with Crippen molar-refractivity contribution in [3.05, 3.63) is 190 Å². The summed E-state index contributed by atoms with van der Waals surface area (Å²) in [5, 5.41) is 25.1. The van der Waals surface area contributed by atoms with Crippen molar-refractivity contribution in [1.29, 1.82) is 0 Å². The van der Waals surface area contributed by atoms with Gasteiger partial charge in [0.1, 0.15) is 96.3 Å². The van der Waals surface area contributed by atoms with Crippen molar-refractivity contribution in [1.82, 2.24) is 61.2 Å². The van der Waals surface area contributed by atoms with Crippen molar-refractivity contribution >= 4 is 103 Å². The minimum atomic E-state index is -4.48. The molecule has 6 aromatic rings. The number of hydrogen-bond acceptors (Lipinski definition) is 23. The molecule has 712 valence electrons. The van der Waals surface area contributed by atoms with Crippen LogP contribution in [0.1, 0.15) is 145 Å². The molecule has 0 aromatic heterocycles. The molecule has 0 unspecified atom stereocenters. The first kappa shape index (κ1) is 103. The maximum absolute atomic E-state index is 15.7. The second kappa shape index (κ2) is 44.7. The van der Waals surface area contributed by atoms with Gasteiger partial charge in [0, 0.05) is 76.9 Å². The number of sulfonamides is 1. The first-order chi connectivity index (χ1) is 62.0. The monoisotopic (exact) mass is 1840 g/mol. The summed E-state index contributed by atoms with van der Waals surface area (Å²) in [7, 11) is -0.544. The van der Waals surface area contributed by atoms with Crippen LogP contribution in [-0.4, -0.2) is 242 Å². The number of rotatable bonds is 19. The molecular formula is C95H127N17O19S. The number of allylic oxidation sites excluding steroid dienone is 1. The van der Waals surface area contributed by atoms with E-state index in [1.165, 1.54) is 56.1 Å². The number of azide groups is 1. The zero-order chi connectivity index (χ0) is 97.1. The average molecular weight is 1840 g/mol. The number of likely N-dealkylation sites (N-methyl/N-ethyl adjacent to an activating group) is 2. The Labute approximate surface area is 770 Å². The summed E-state index contributed by atoms with van der Waals surface area (Å²) in [5.74, 6) is -1.76. The van der Waals surface area contributed by atoms with E-state index in [0.29, 0.717) is 28.0 Å². The number of carbonyl (C=O) groups excluding carboxylic acids is 12. The first-order valence-electron chi connectivity index (χ1n) is 44.0. The smallest absolute Gasteiger partial charge is 0.410 e. The van der Waals surface area contributed by atoms with Crippen molar-refractivity contribution in [2.24, 2.45) is 33.4 Å². The molecule has 12 rings (SSSR count). The largest absolute Gasteiger partial charge is 0.490 e. The predicted molar refractivity (Wildman–Crippen MR) is 496 cm³/mol. The normalized spacial score (nSPS) is 21.2. The summed E-state index contributed by atoms with van der Waals surface area (Å²) < 4.78 is 58.2. The molecular weight excluding hydrogens is 1720 g/mol. The van der Waals surface area contributed by atoms with Gasteiger partial charge in [0.15, 0.2) is 0 Å². The number of fused-ring (bicyclic) bond motifs is 2. The molecule has 6 heterocycles. The Morgan fingerprint density at radius 3 is 1.50 bits per heavy atom. The Balaban J connectivity index is 1.10. The number of esters is 1. The van der Waals surface area contributed by atoms with Crippen LogP contribution in [0.2, 0.25) is 0 Å². The highest BCUT2D eigenvalue weighted by Crippen LogP contribution is 2.34. The Hall–Kier alpha value is -13.0. The SMILES string of the molecule is COC(=O)[C@@H]1Cc2ccc(cc2)OC/C(N)=C/N(N)[C@H]2C[C@@H](C(=O)N[C@@H](Cc3ccc4ccccc4c3)C(=O)N[C@H](C(=O)NS(=O)(=O)CCCN=[N+]=[N-])Cc3ccc(cc3)OC/C=C/C[C@H]3C[C@@H](C(=O)N[C@@H](Cc4ccc5ccccc5c4)C(=O)N1)N(C(=O)[C@@H](NC(=O)[C@H](C)N(C)C(=O)OC(C)(C)C)C(C)(C)C)C3)N(C(=O)[C@@H](NC(=O)[C@H](C)N(C)C(=O)OC(C)(C)C)C(C)(C)C)C2. The predicted octanol–water partition coefficient (Wildman–Crippen LogP) is 7.97. The Bertz CT molecular complexity index is 5410. The number of likely N-dealkylation sites (tertiary alicyclic amines) is 2. The molecule has 0 aliphatic carbocycles. The van der Waals surface area contributed by atoms with Gasteiger partial charge >= 0.3 is 18.2 Å². The molecule has 2 saturated heterocycles. The third-order valence-electron chi connectivity index (χ3n) is 23.0. The molecule has 6 aromatic carbocycles. The van der Waals surface area contributed by atoms with E-state index in [1.807, 2.05) is 84.9 Å². The molecule has 6 aliphatic heterocycles. The maximum Gasteiger partial charge on any atom is 0.410 e. The molecule has 0 radical (unpaired) electrons. The zero-order valence-electron chi connectivity index (χ0n) is 78.2. The van der Waals surface area contributed by atoms with Crippen LogP contribution in [0.15, 0.2) is 163 Å². The number of amides is 11. The topological polar surface area (TPSA) is 486 Å². The molecule has 36 nitrogen and oxygen atoms in total. The fraction of sp³-hybridized carbons (Fsp3) is 0.495. The van der Waals surface area contributed by atoms with Gasteiger partial charge in [-0.1, -0.05) is 168 Å². The van der Waals surface area contributed by atoms with E-state index in [-0.39, 0.29) is 95.7 Å². The van der Waals surface area contributed by atoms with Crippen LogP contribution in [0.3, 0.4) is 0 Å². The molecule has 11 N–H and O–H groups in total. The van der Waals surface area contributed by atoms with Crippen LogP contribution < -0.4 is 57.7 Å². The lowest BCUT2D eigenvalue weighted by Gasteiger charge is -2.37. The number of nitrogens with two attached hydrogens (primary N) is 2. The van der Waals surface area contributed by atoms with Gasteiger partial charge in [-0.25, -0.2) is 28.6 Å². The van der Waals surface area contributed by atoms with E-state index in [9.17, 15) is 37.2 Å². The third kappa shape index (κ3) is 29.2. The quantitative estimate of drug-likeness (QED) is 0.00542. The Kier molecular flexibility index (Phi) is 34.8. The number of nitrogens with one attached hydrogen (secondary N) is 7. The van der Waals surface area contributed by atoms with Crippen molar-refractivity contribution < 1.29 is 89.6 Å². The number of ether oxygens (including phenoxy) is 5. The number of methoxy groups -OCH3 is 1. The summed E-state index contributed by atoms with van der Waals surface area (Å²) in [6, 6.07) is 24.0. The standard InChI is InChI=1S/C95H127N17O19S/c1-57(108(15)90(123)130-94(9,10)11)80(113)104-78(92(3,4)5)87(120)110-53-63-25-22-23-43-128-70-38-32-59(33-39-70)47-74(84(117)106-132(125,126)44-24-42-99-107-97)100-82(115)72(49-61-30-36-64-26-18-20-28-66(64)45-61)102-86(119)77-52-69(55-111(77)88(121)79(93(6,7)8)105-81(114)58(2)109(16)91(124)131-95(12,13)14)112(98)54-68(96)56-129-71-40-34-60(35-41-71)48-75(89(122)127-17)103-83(116)73(101-85(118)76(110)51-63)50-62-31-37-65-27-19-21-29-67(65)46-62/h18-23,26-41,45-46,54,57-58,63,69,72-79H,24-25,42-44,47-53,55-56,96,98H2,1-17H3,(H,100,115)(H,101,118)(H,102,119)(H,103,116)(H,104,113)(H,105,114)(H,106,117)/b23-22+,68-54-/t57-,58-,63-,69-,72-,73-,74-,75-,76-,77-,78+,79+/m0/s1. The molecule has 12 atom stereocenters. The van der Waals surface area contributed by atoms with Crippen LogP contribution in [0.25, 0.3) is 32.0 Å². The van der Waals surface area contributed by atoms with Crippen molar-refractivity contribution in [3.8, 4) is 11.5 Å². The zero-order valence-corrected chi connectivity index (χ0v) is 79.0. The molecule has 11 amide bonds. The van der Waals surface area contributed by atoms with Gasteiger partial charge in [-0.15, -0.1) is 0 Å². The Morgan fingerprint density at radius 2 is 1.04 bits per heavy atom. The molecule has 8 bridgehead atoms. The summed E-state index contributed by atoms with van der Waals surface area (Å²) >= 11 is 0. The van der Waals surface area contributed by atoms with Gasteiger partial charge in [-0.05, 0) is 165 Å². The van der Waals surface area contributed by atoms with Crippen LogP contribution >= 0.6 is 0 Å². The van der Waals surface area contributed by atoms with Crippen molar-refractivity contribution in [2.45, 2.75) is 226 Å². The summed E-state index contributed by atoms with van der Waals surface area (Å²) in [6.45, 7) is 22.4. The van der Waals surface area contributed by atoms with Crippen LogP contribution in [0.5, 0.6) is 11.5 Å². The minimum absolute atomic E-state index is 0.0160. The number of nitrogens with zero attached hydrogens (tertiary/aromatic N) is 8. The van der Waals surface area contributed by atoms with Gasteiger partial charge < -0.3 is 76.1 Å². The lowest BCUT2D eigenvalue weighted by Crippen LogP contribution is -2.61. The number of hydrogen-bond donors (Lipinski definition) is 9. The molecule has 0 saturated carbocycles. The van der Waals surface area contributed by atoms with E-state index in [4.69, 9.17) is 40.8 Å². The summed E-state index contributed by atoms with van der Waals surface area (Å²) in [4.78, 5) is 185. The number of hydrazine groups is 1. The van der Waals surface area contributed by atoms with Gasteiger partial charge in [0.25, 0.3) is 5.91 Å². The second-order valence-corrected chi connectivity index (χ2v) is 39.8. The molecule has 6 aliphatic rings. The van der Waals surface area contributed by atoms with E-state index in [2.05, 4.69) is 46.6 Å². The first-order valence-corrected chi connectivity index (χ1v) is 45.6. The highest BCUT2D eigenvalue weighted by atomic mass is 32.2. The summed E-state index contributed by atoms with van der Waals surface area (Å²) in [6.07, 6.45) is 2.37. The maximum atomic E-state index is 15.7. The van der Waals surface area contributed by atoms with Gasteiger partial charge in [0.2, 0.25) is 57.3 Å². The highest BCUT2D eigenvalue weighted by Gasteiger charge is 2.50. The van der Waals surface area contributed by atoms with E-state index in [1.54, 1.807) is 144 Å². The Morgan fingerprint density at radius 1 is 0.591 bits per heavy atom. The van der Waals surface area contributed by atoms with Crippen LogP contribution in [0.4, 0.5) is 9.59 Å². The molecule has 0 spiro atoms. The molecule has 132 heavy (non-hydrogen) atoms. The van der Waals surface area contributed by atoms with Gasteiger partial charge in [-0.2, -0.15) is 0 Å². The third-order valence-corrected chi connectivity index (χ3v) is 24.3. The molecule has 2 fully saturated rings. The molecule has 37 heteroatoms. The fourth-order valence-corrected chi connectivity index (χ4v) is 16.5. The second-order valence-electron chi connectivity index (χ2n) is 37.9. The lowest BCUT2D eigenvalue weighted by molar-refractivity contribution is -0.146. The number of carbonyl (C=O) groups is 12. The van der Waals surface area contributed by atoms with E-state index >= 15 is 28.8 Å². The summed E-state index contributed by atoms with van der Waals surface area (Å²) in [5.41, 5.74) is 13.8. The number of benzene rings is 6. The van der Waals surface area contributed by atoms with Crippen LogP contribution in [-0.2, 0) is 97.9 Å². The van der Waals surface area contributed by atoms with E-state index < -0.39 is 182 Å². The fourth-order valence-electron chi connectivity index (χ4n) is 15.4. The minimum Gasteiger partial charge on any atom is -0.490 e. The van der Waals surface area contributed by atoms with Crippen LogP contribution in [0, 0.1) is 16.7 Å². The van der Waals surface area contributed by atoms with Crippen molar-refractivity contribution in [2.75, 3.05) is 59.8 Å². The van der Waals surface area contributed by atoms with Gasteiger partial charge in [-0.3, -0.25) is 57.7 Å².